The molecular weight excluding hydrogens is 1050 g/mol. The van der Waals surface area contributed by atoms with E-state index in [2.05, 4.69) is 102 Å². The number of nitrogens with zero attached hydrogens (tertiary/aromatic N) is 3. The standard InChI is InChI=1S/C70H141N9O5/c1-10-14-18-22-26-30-34-38-42-62(5)73-67(81)46-51-72-52-57-78(56-50-70(84)76-65(8)45-41-37-33-29-25-21-17-13-4)59-61-79(53-47-66(80)71-9)60-58-77(54-48-68(82)74-63(6)43-39-35-31-27-23-19-15-11-2)55-49-69(83)75-64(7)44-40-36-32-28-24-20-16-12-3/h62-65,72H,10-61H2,1-9H3,(H,71,80)(H,73,81)(H,74,82)(H,75,83)(H,76,84). The topological polar surface area (TPSA) is 167 Å². The fourth-order valence-corrected chi connectivity index (χ4v) is 11.3. The lowest BCUT2D eigenvalue weighted by atomic mass is 10.1. The zero-order valence-electron chi connectivity index (χ0n) is 57.0. The van der Waals surface area contributed by atoms with Crippen LogP contribution in [0.2, 0.25) is 0 Å². The van der Waals surface area contributed by atoms with Gasteiger partial charge in [0, 0.05) is 135 Å². The van der Waals surface area contributed by atoms with E-state index in [0.717, 1.165) is 51.4 Å². The van der Waals surface area contributed by atoms with Gasteiger partial charge in [-0.2, -0.15) is 0 Å². The average molecular weight is 1190 g/mol. The maximum Gasteiger partial charge on any atom is 0.221 e. The van der Waals surface area contributed by atoms with E-state index in [9.17, 15) is 24.0 Å². The maximum atomic E-state index is 13.4. The Morgan fingerprint density at radius 3 is 0.774 bits per heavy atom. The van der Waals surface area contributed by atoms with E-state index in [0.29, 0.717) is 104 Å². The Labute approximate surface area is 519 Å². The van der Waals surface area contributed by atoms with Crippen molar-refractivity contribution in [2.75, 3.05) is 79.0 Å². The first-order valence-corrected chi connectivity index (χ1v) is 36.0. The maximum absolute atomic E-state index is 13.4. The lowest BCUT2D eigenvalue weighted by molar-refractivity contribution is -0.123. The van der Waals surface area contributed by atoms with Gasteiger partial charge in [0.25, 0.3) is 0 Å². The van der Waals surface area contributed by atoms with E-state index < -0.39 is 0 Å². The molecule has 0 rings (SSSR count). The molecule has 6 N–H and O–H groups in total. The van der Waals surface area contributed by atoms with Crippen molar-refractivity contribution in [1.82, 2.24) is 46.6 Å². The van der Waals surface area contributed by atoms with Crippen molar-refractivity contribution in [2.24, 2.45) is 0 Å². The zero-order valence-corrected chi connectivity index (χ0v) is 57.0. The Bertz CT molecular complexity index is 1480. The fraction of sp³-hybridized carbons (Fsp3) is 0.929. The average Bonchev–Trinajstić information content (AvgIpc) is 3.50. The lowest BCUT2D eigenvalue weighted by Crippen LogP contribution is -2.44. The Balaban J connectivity index is 5.88. The highest BCUT2D eigenvalue weighted by Crippen LogP contribution is 2.15. The van der Waals surface area contributed by atoms with Crippen molar-refractivity contribution in [3.63, 3.8) is 0 Å². The second-order valence-electron chi connectivity index (χ2n) is 25.6. The molecule has 0 aromatic heterocycles. The summed E-state index contributed by atoms with van der Waals surface area (Å²) in [6.07, 6.45) is 46.5. The quantitative estimate of drug-likeness (QED) is 0.0325. The van der Waals surface area contributed by atoms with Gasteiger partial charge in [0.05, 0.1) is 0 Å². The Morgan fingerprint density at radius 2 is 0.500 bits per heavy atom. The second kappa shape index (κ2) is 60.5. The van der Waals surface area contributed by atoms with Crippen LogP contribution < -0.4 is 31.9 Å². The molecule has 14 heteroatoms. The highest BCUT2D eigenvalue weighted by molar-refractivity contribution is 5.78. The van der Waals surface area contributed by atoms with Gasteiger partial charge < -0.3 is 46.6 Å². The molecule has 4 atom stereocenters. The molecule has 0 aliphatic carbocycles. The van der Waals surface area contributed by atoms with Gasteiger partial charge in [0.1, 0.15) is 0 Å². The predicted molar refractivity (Wildman–Crippen MR) is 359 cm³/mol. The molecule has 0 saturated carbocycles. The number of amides is 5. The summed E-state index contributed by atoms with van der Waals surface area (Å²) in [6.45, 7) is 24.4. The van der Waals surface area contributed by atoms with Crippen molar-refractivity contribution in [3.8, 4) is 0 Å². The van der Waals surface area contributed by atoms with Crippen molar-refractivity contribution in [2.45, 2.75) is 343 Å². The molecule has 0 aromatic rings. The number of unbranched alkanes of at least 4 members (excludes halogenated alkanes) is 28. The van der Waals surface area contributed by atoms with Gasteiger partial charge in [-0.05, 0) is 53.4 Å². The zero-order chi connectivity index (χ0) is 61.9. The third-order valence-corrected chi connectivity index (χ3v) is 17.1. The molecule has 0 radical (unpaired) electrons. The minimum atomic E-state index is -0.0159. The fourth-order valence-electron chi connectivity index (χ4n) is 11.3. The van der Waals surface area contributed by atoms with Crippen LogP contribution in [0, 0.1) is 0 Å². The SMILES string of the molecule is CCCCCCCCCCC(C)NC(=O)CCNCCN(CCC(=O)NC(C)CCCCCCCCCC)CCN(CCC(=O)NC)CCN(CCC(=O)NC(C)CCCCCCCCCC)CCC(=O)NC(C)CCCCCCCCCC. The van der Waals surface area contributed by atoms with E-state index >= 15 is 0 Å². The molecule has 84 heavy (non-hydrogen) atoms. The molecular formula is C70H141N9O5. The largest absolute Gasteiger partial charge is 0.359 e. The number of hydrogen-bond acceptors (Lipinski definition) is 9. The number of hydrogen-bond donors (Lipinski definition) is 6. The highest BCUT2D eigenvalue weighted by atomic mass is 16.2. The number of carbonyl (C=O) groups excluding carboxylic acids is 5. The summed E-state index contributed by atoms with van der Waals surface area (Å²) >= 11 is 0. The Kier molecular flexibility index (Phi) is 58.5. The van der Waals surface area contributed by atoms with Crippen LogP contribution in [-0.2, 0) is 24.0 Å². The normalized spacial score (nSPS) is 13.1. The van der Waals surface area contributed by atoms with E-state index in [4.69, 9.17) is 0 Å². The minimum absolute atomic E-state index is 0.0159. The van der Waals surface area contributed by atoms with Crippen LogP contribution in [0.15, 0.2) is 0 Å². The van der Waals surface area contributed by atoms with Crippen LogP contribution in [0.4, 0.5) is 0 Å². The van der Waals surface area contributed by atoms with Gasteiger partial charge >= 0.3 is 0 Å². The summed E-state index contributed by atoms with van der Waals surface area (Å²) in [7, 11) is 1.68. The number of carbonyl (C=O) groups is 5. The molecule has 0 aliphatic rings. The van der Waals surface area contributed by atoms with Gasteiger partial charge in [0.15, 0.2) is 0 Å². The van der Waals surface area contributed by atoms with Crippen LogP contribution >= 0.6 is 0 Å². The molecule has 496 valence electrons. The third-order valence-electron chi connectivity index (χ3n) is 17.1. The summed E-state index contributed by atoms with van der Waals surface area (Å²) in [5.74, 6) is 0.235. The minimum Gasteiger partial charge on any atom is -0.359 e. The molecule has 0 spiro atoms. The van der Waals surface area contributed by atoms with Gasteiger partial charge in [-0.3, -0.25) is 24.0 Å². The smallest absolute Gasteiger partial charge is 0.221 e. The molecule has 0 bridgehead atoms. The number of nitrogens with one attached hydrogen (secondary N) is 6. The molecule has 0 aromatic carbocycles. The van der Waals surface area contributed by atoms with Crippen molar-refractivity contribution >= 4 is 29.5 Å². The second-order valence-corrected chi connectivity index (χ2v) is 25.6. The van der Waals surface area contributed by atoms with Crippen LogP contribution in [-0.4, -0.2) is 147 Å². The first-order chi connectivity index (χ1) is 40.8. The first-order valence-electron chi connectivity index (χ1n) is 36.0. The Morgan fingerprint density at radius 1 is 0.274 bits per heavy atom. The predicted octanol–water partition coefficient (Wildman–Crippen LogP) is 14.3. The van der Waals surface area contributed by atoms with Crippen LogP contribution in [0.3, 0.4) is 0 Å². The molecule has 0 heterocycles. The van der Waals surface area contributed by atoms with E-state index in [1.165, 1.54) is 180 Å². The highest BCUT2D eigenvalue weighted by Gasteiger charge is 2.19. The summed E-state index contributed by atoms with van der Waals surface area (Å²) in [6, 6.07) is 0.544. The molecule has 5 amide bonds. The molecule has 0 aliphatic heterocycles. The van der Waals surface area contributed by atoms with E-state index in [1.807, 2.05) is 0 Å². The van der Waals surface area contributed by atoms with Crippen molar-refractivity contribution in [1.29, 1.82) is 0 Å². The first kappa shape index (κ1) is 81.2. The Hall–Kier alpha value is -2.81. The third kappa shape index (κ3) is 55.7. The molecule has 0 saturated heterocycles. The van der Waals surface area contributed by atoms with E-state index in [-0.39, 0.29) is 53.7 Å². The van der Waals surface area contributed by atoms with E-state index in [1.54, 1.807) is 7.05 Å². The van der Waals surface area contributed by atoms with Crippen molar-refractivity contribution < 1.29 is 24.0 Å². The van der Waals surface area contributed by atoms with Gasteiger partial charge in [-0.15, -0.1) is 0 Å². The van der Waals surface area contributed by atoms with Gasteiger partial charge in [-0.1, -0.05) is 233 Å². The number of rotatable bonds is 64. The van der Waals surface area contributed by atoms with Crippen LogP contribution in [0.1, 0.15) is 319 Å². The molecule has 0 fully saturated rings. The molecule has 4 unspecified atom stereocenters. The van der Waals surface area contributed by atoms with Gasteiger partial charge in [-0.25, -0.2) is 0 Å². The monoisotopic (exact) mass is 1190 g/mol. The lowest BCUT2D eigenvalue weighted by Gasteiger charge is -2.30. The van der Waals surface area contributed by atoms with Crippen LogP contribution in [0.5, 0.6) is 0 Å². The van der Waals surface area contributed by atoms with Crippen LogP contribution in [0.25, 0.3) is 0 Å². The van der Waals surface area contributed by atoms with Gasteiger partial charge in [0.2, 0.25) is 29.5 Å². The summed E-state index contributed by atoms with van der Waals surface area (Å²) in [4.78, 5) is 72.9. The summed E-state index contributed by atoms with van der Waals surface area (Å²) in [5.41, 5.74) is 0. The van der Waals surface area contributed by atoms with Crippen molar-refractivity contribution in [3.05, 3.63) is 0 Å². The summed E-state index contributed by atoms with van der Waals surface area (Å²) in [5, 5.41) is 19.3. The molecule has 14 nitrogen and oxygen atoms in total. The summed E-state index contributed by atoms with van der Waals surface area (Å²) < 4.78 is 0.